The summed E-state index contributed by atoms with van der Waals surface area (Å²) in [7, 11) is 0. The summed E-state index contributed by atoms with van der Waals surface area (Å²) in [5.74, 6) is -0.679. The van der Waals surface area contributed by atoms with Gasteiger partial charge in [-0.05, 0) is 52.6 Å². The van der Waals surface area contributed by atoms with Crippen molar-refractivity contribution in [1.29, 1.82) is 0 Å². The number of carboxylic acids is 1. The molecule has 4 aromatic rings. The van der Waals surface area contributed by atoms with Crippen LogP contribution >= 0.6 is 11.6 Å². The average molecular weight is 474 g/mol. The van der Waals surface area contributed by atoms with E-state index >= 15 is 0 Å². The summed E-state index contributed by atoms with van der Waals surface area (Å²) in [6, 6.07) is 24.0. The summed E-state index contributed by atoms with van der Waals surface area (Å²) < 4.78 is 11.2. The molecule has 0 atom stereocenters. The van der Waals surface area contributed by atoms with Gasteiger partial charge >= 0.3 is 12.1 Å². The Kier molecular flexibility index (Phi) is 5.82. The summed E-state index contributed by atoms with van der Waals surface area (Å²) >= 11 is 6.17. The summed E-state index contributed by atoms with van der Waals surface area (Å²) in [6.07, 6.45) is 0.934. The molecule has 0 aliphatic heterocycles. The third-order valence-corrected chi connectivity index (χ3v) is 6.26. The minimum atomic E-state index is -1.14. The molecule has 0 radical (unpaired) electrons. The van der Waals surface area contributed by atoms with Crippen LogP contribution in [0.2, 0.25) is 5.02 Å². The lowest BCUT2D eigenvalue weighted by Gasteiger charge is -2.23. The van der Waals surface area contributed by atoms with E-state index in [0.717, 1.165) is 22.3 Å². The molecule has 7 heteroatoms. The summed E-state index contributed by atoms with van der Waals surface area (Å²) in [5.41, 5.74) is 4.87. The highest BCUT2D eigenvalue weighted by Crippen LogP contribution is 2.44. The molecule has 0 saturated carbocycles. The molecular weight excluding hydrogens is 454 g/mol. The van der Waals surface area contributed by atoms with Gasteiger partial charge in [0.2, 0.25) is 0 Å². The van der Waals surface area contributed by atoms with Gasteiger partial charge in [-0.25, -0.2) is 9.59 Å². The number of benzene rings is 3. The number of carboxylic acid groups (broad SMARTS) is 1. The Balaban J connectivity index is 1.41. The van der Waals surface area contributed by atoms with Crippen molar-refractivity contribution in [2.75, 3.05) is 11.5 Å². The first-order chi connectivity index (χ1) is 16.5. The third-order valence-electron chi connectivity index (χ3n) is 5.95. The van der Waals surface area contributed by atoms with Crippen molar-refractivity contribution < 1.29 is 23.8 Å². The average Bonchev–Trinajstić information content (AvgIpc) is 3.47. The second kappa shape index (κ2) is 9.08. The molecular formula is C27H20ClNO5. The van der Waals surface area contributed by atoms with Gasteiger partial charge in [-0.3, -0.25) is 4.90 Å². The number of carbonyl (C=O) groups is 2. The van der Waals surface area contributed by atoms with Crippen molar-refractivity contribution in [3.63, 3.8) is 0 Å². The van der Waals surface area contributed by atoms with Crippen LogP contribution in [0, 0.1) is 0 Å². The lowest BCUT2D eigenvalue weighted by molar-refractivity contribution is 0.0697. The van der Waals surface area contributed by atoms with E-state index in [1.807, 2.05) is 24.3 Å². The molecule has 0 spiro atoms. The minimum absolute atomic E-state index is 0.0286. The van der Waals surface area contributed by atoms with Gasteiger partial charge < -0.3 is 14.3 Å². The largest absolute Gasteiger partial charge is 0.478 e. The fourth-order valence-corrected chi connectivity index (χ4v) is 4.59. The number of anilines is 1. The molecule has 1 amide bonds. The number of rotatable bonds is 6. The van der Waals surface area contributed by atoms with Gasteiger partial charge in [-0.2, -0.15) is 0 Å². The van der Waals surface area contributed by atoms with E-state index in [1.54, 1.807) is 12.1 Å². The molecule has 170 valence electrons. The van der Waals surface area contributed by atoms with Gasteiger partial charge in [0.05, 0.1) is 23.4 Å². The van der Waals surface area contributed by atoms with E-state index < -0.39 is 12.1 Å². The van der Waals surface area contributed by atoms with Crippen LogP contribution in [0.3, 0.4) is 0 Å². The maximum Gasteiger partial charge on any atom is 0.414 e. The second-order valence-electron chi connectivity index (χ2n) is 7.94. The zero-order valence-electron chi connectivity index (χ0n) is 18.0. The van der Waals surface area contributed by atoms with E-state index in [4.69, 9.17) is 20.8 Å². The molecule has 1 aliphatic rings. The number of ether oxygens (including phenoxy) is 1. The van der Waals surface area contributed by atoms with E-state index in [2.05, 4.69) is 24.3 Å². The summed E-state index contributed by atoms with van der Waals surface area (Å²) in [4.78, 5) is 26.0. The Hall–Kier alpha value is -4.03. The van der Waals surface area contributed by atoms with Crippen LogP contribution in [0.25, 0.3) is 11.1 Å². The van der Waals surface area contributed by atoms with E-state index in [0.29, 0.717) is 11.4 Å². The molecule has 34 heavy (non-hydrogen) atoms. The predicted molar refractivity (Wildman–Crippen MR) is 128 cm³/mol. The van der Waals surface area contributed by atoms with Crippen molar-refractivity contribution in [2.45, 2.75) is 12.5 Å². The van der Waals surface area contributed by atoms with Crippen LogP contribution in [-0.4, -0.2) is 23.8 Å². The lowest BCUT2D eigenvalue weighted by Crippen LogP contribution is -2.32. The minimum Gasteiger partial charge on any atom is -0.478 e. The molecule has 1 aliphatic carbocycles. The molecule has 0 saturated heterocycles. The molecule has 1 aromatic heterocycles. The number of hydrogen-bond donors (Lipinski definition) is 1. The van der Waals surface area contributed by atoms with Crippen LogP contribution in [0.15, 0.2) is 89.5 Å². The van der Waals surface area contributed by atoms with Crippen LogP contribution < -0.4 is 4.90 Å². The van der Waals surface area contributed by atoms with Gasteiger partial charge in [0.25, 0.3) is 0 Å². The van der Waals surface area contributed by atoms with Gasteiger partial charge in [-0.15, -0.1) is 0 Å². The van der Waals surface area contributed by atoms with Gasteiger partial charge in [0.1, 0.15) is 12.4 Å². The fourth-order valence-electron chi connectivity index (χ4n) is 4.34. The quantitative estimate of drug-likeness (QED) is 0.342. The summed E-state index contributed by atoms with van der Waals surface area (Å²) in [6.45, 7) is 0.259. The predicted octanol–water partition coefficient (Wildman–Crippen LogP) is 6.59. The van der Waals surface area contributed by atoms with E-state index in [1.165, 1.54) is 29.4 Å². The molecule has 0 bridgehead atoms. The standard InChI is InChI=1S/C27H20ClNO5/c28-25-14-17(11-12-23(25)26(30)31)29(15-18-6-5-13-33-18)27(32)34-16-24-21-9-3-1-7-19(21)20-8-2-4-10-22(20)24/h1-14,24H,15-16H2,(H,30,31). The molecule has 1 N–H and O–H groups in total. The number of amides is 1. The Morgan fingerprint density at radius 2 is 1.62 bits per heavy atom. The van der Waals surface area contributed by atoms with Crippen molar-refractivity contribution >= 4 is 29.4 Å². The lowest BCUT2D eigenvalue weighted by atomic mass is 9.98. The number of fused-ring (bicyclic) bond motifs is 3. The molecule has 6 nitrogen and oxygen atoms in total. The third kappa shape index (κ3) is 4.04. The fraction of sp³-hybridized carbons (Fsp3) is 0.111. The first kappa shape index (κ1) is 21.8. The monoisotopic (exact) mass is 473 g/mol. The number of furan rings is 1. The van der Waals surface area contributed by atoms with Gasteiger partial charge in [0.15, 0.2) is 0 Å². The molecule has 5 rings (SSSR count). The first-order valence-corrected chi connectivity index (χ1v) is 11.1. The number of halogens is 1. The highest BCUT2D eigenvalue weighted by molar-refractivity contribution is 6.33. The van der Waals surface area contributed by atoms with Gasteiger partial charge in [0, 0.05) is 11.6 Å². The van der Waals surface area contributed by atoms with Crippen LogP contribution in [-0.2, 0) is 11.3 Å². The molecule has 3 aromatic carbocycles. The van der Waals surface area contributed by atoms with E-state index in [-0.39, 0.29) is 29.7 Å². The van der Waals surface area contributed by atoms with Crippen molar-refractivity contribution in [3.05, 3.63) is 113 Å². The number of hydrogen-bond acceptors (Lipinski definition) is 4. The Morgan fingerprint density at radius 1 is 0.941 bits per heavy atom. The molecule has 1 heterocycles. The topological polar surface area (TPSA) is 80.0 Å². The number of aromatic carboxylic acids is 1. The second-order valence-corrected chi connectivity index (χ2v) is 8.35. The SMILES string of the molecule is O=C(O)c1ccc(N(Cc2ccco2)C(=O)OCC2c3ccccc3-c3ccccc32)cc1Cl. The van der Waals surface area contributed by atoms with Crippen LogP contribution in [0.1, 0.15) is 33.2 Å². The summed E-state index contributed by atoms with van der Waals surface area (Å²) in [5, 5.41) is 9.30. The smallest absolute Gasteiger partial charge is 0.414 e. The Bertz CT molecular complexity index is 1320. The zero-order chi connectivity index (χ0) is 23.7. The van der Waals surface area contributed by atoms with Crippen molar-refractivity contribution in [1.82, 2.24) is 0 Å². The Labute approximate surface area is 201 Å². The van der Waals surface area contributed by atoms with Crippen LogP contribution in [0.5, 0.6) is 0 Å². The molecule has 0 unspecified atom stereocenters. The highest BCUT2D eigenvalue weighted by atomic mass is 35.5. The molecule has 0 fully saturated rings. The van der Waals surface area contributed by atoms with Crippen molar-refractivity contribution in [3.8, 4) is 11.1 Å². The van der Waals surface area contributed by atoms with E-state index in [9.17, 15) is 14.7 Å². The first-order valence-electron chi connectivity index (χ1n) is 10.7. The van der Waals surface area contributed by atoms with Crippen molar-refractivity contribution in [2.24, 2.45) is 0 Å². The van der Waals surface area contributed by atoms with Crippen LogP contribution in [0.4, 0.5) is 10.5 Å². The Morgan fingerprint density at radius 3 is 2.21 bits per heavy atom. The zero-order valence-corrected chi connectivity index (χ0v) is 18.7. The number of nitrogens with zero attached hydrogens (tertiary/aromatic N) is 1. The maximum atomic E-state index is 13.3. The highest BCUT2D eigenvalue weighted by Gasteiger charge is 2.30. The van der Waals surface area contributed by atoms with Gasteiger partial charge in [-0.1, -0.05) is 60.1 Å². The number of carbonyl (C=O) groups excluding carboxylic acids is 1. The normalized spacial score (nSPS) is 12.1. The maximum absolute atomic E-state index is 13.3.